The fourth-order valence-electron chi connectivity index (χ4n) is 1.45. The minimum absolute atomic E-state index is 0.168. The highest BCUT2D eigenvalue weighted by atomic mass is 35.5. The first kappa shape index (κ1) is 12.5. The van der Waals surface area contributed by atoms with Gasteiger partial charge in [-0.15, -0.1) is 0 Å². The van der Waals surface area contributed by atoms with Crippen LogP contribution in [0.2, 0.25) is 5.02 Å². The number of carbonyl (C=O) groups excluding carboxylic acids is 1. The second kappa shape index (κ2) is 4.99. The molecule has 1 rings (SSSR count). The Bertz CT molecular complexity index is 443. The Morgan fingerprint density at radius 1 is 1.44 bits per heavy atom. The van der Waals surface area contributed by atoms with Crippen molar-refractivity contribution in [2.75, 3.05) is 5.32 Å². The first-order valence-electron chi connectivity index (χ1n) is 4.79. The molecule has 0 aliphatic rings. The first-order valence-corrected chi connectivity index (χ1v) is 5.17. The maximum atomic E-state index is 10.9. The zero-order chi connectivity index (χ0) is 12.3. The van der Waals surface area contributed by atoms with Crippen molar-refractivity contribution in [3.8, 4) is 0 Å². The van der Waals surface area contributed by atoms with Crippen molar-refractivity contribution in [2.24, 2.45) is 0 Å². The van der Waals surface area contributed by atoms with Gasteiger partial charge < -0.3 is 10.4 Å². The van der Waals surface area contributed by atoms with Crippen LogP contribution in [0.5, 0.6) is 0 Å². The molecule has 4 nitrogen and oxygen atoms in total. The zero-order valence-corrected chi connectivity index (χ0v) is 9.76. The number of carbonyl (C=O) groups is 2. The third-order valence-electron chi connectivity index (χ3n) is 2.14. The van der Waals surface area contributed by atoms with Gasteiger partial charge in [0.1, 0.15) is 0 Å². The van der Waals surface area contributed by atoms with Crippen LogP contribution in [0, 0.1) is 0 Å². The van der Waals surface area contributed by atoms with Gasteiger partial charge in [0.2, 0.25) is 5.91 Å². The summed E-state index contributed by atoms with van der Waals surface area (Å²) in [5, 5.41) is 11.8. The van der Waals surface area contributed by atoms with Crippen molar-refractivity contribution >= 4 is 29.2 Å². The van der Waals surface area contributed by atoms with Gasteiger partial charge in [0.05, 0.1) is 16.3 Å². The molecular formula is C11H12ClNO3. The van der Waals surface area contributed by atoms with Gasteiger partial charge in [-0.05, 0) is 24.1 Å². The molecule has 0 bridgehead atoms. The number of amides is 1. The Balaban J connectivity index is 3.28. The predicted molar refractivity (Wildman–Crippen MR) is 62.1 cm³/mol. The molecule has 1 amide bonds. The van der Waals surface area contributed by atoms with E-state index >= 15 is 0 Å². The first-order chi connectivity index (χ1) is 7.47. The lowest BCUT2D eigenvalue weighted by molar-refractivity contribution is -0.114. The lowest BCUT2D eigenvalue weighted by atomic mass is 10.0. The van der Waals surface area contributed by atoms with Gasteiger partial charge in [-0.2, -0.15) is 0 Å². The fourth-order valence-corrected chi connectivity index (χ4v) is 1.80. The zero-order valence-electron chi connectivity index (χ0n) is 9.00. The smallest absolute Gasteiger partial charge is 0.336 e. The summed E-state index contributed by atoms with van der Waals surface area (Å²) in [6, 6.07) is 2.94. The third-order valence-corrected chi connectivity index (χ3v) is 2.57. The highest BCUT2D eigenvalue weighted by Gasteiger charge is 2.15. The average Bonchev–Trinajstić information content (AvgIpc) is 2.19. The van der Waals surface area contributed by atoms with Crippen molar-refractivity contribution in [1.29, 1.82) is 0 Å². The van der Waals surface area contributed by atoms with Gasteiger partial charge in [-0.3, -0.25) is 4.79 Å². The quantitative estimate of drug-likeness (QED) is 0.855. The molecule has 0 radical (unpaired) electrons. The van der Waals surface area contributed by atoms with Gasteiger partial charge in [-0.25, -0.2) is 4.79 Å². The Morgan fingerprint density at radius 2 is 2.06 bits per heavy atom. The lowest BCUT2D eigenvalue weighted by Gasteiger charge is -2.11. The van der Waals surface area contributed by atoms with E-state index in [0.717, 1.165) is 0 Å². The van der Waals surface area contributed by atoms with Crippen LogP contribution >= 0.6 is 11.6 Å². The van der Waals surface area contributed by atoms with Crippen LogP contribution in [0.25, 0.3) is 0 Å². The molecule has 0 aromatic heterocycles. The van der Waals surface area contributed by atoms with Gasteiger partial charge in [-0.1, -0.05) is 18.5 Å². The number of aromatic carboxylic acids is 1. The minimum atomic E-state index is -1.02. The van der Waals surface area contributed by atoms with Crippen molar-refractivity contribution in [3.05, 3.63) is 28.3 Å². The molecule has 0 spiro atoms. The summed E-state index contributed by atoms with van der Waals surface area (Å²) >= 11 is 6.02. The maximum absolute atomic E-state index is 10.9. The van der Waals surface area contributed by atoms with Crippen LogP contribution in [-0.2, 0) is 11.2 Å². The number of carboxylic acid groups (broad SMARTS) is 1. The second-order valence-electron chi connectivity index (χ2n) is 3.29. The number of anilines is 1. The summed E-state index contributed by atoms with van der Waals surface area (Å²) in [6.07, 6.45) is 0.494. The van der Waals surface area contributed by atoms with Crippen LogP contribution in [0.15, 0.2) is 12.1 Å². The van der Waals surface area contributed by atoms with Gasteiger partial charge >= 0.3 is 5.97 Å². The molecule has 0 saturated carbocycles. The molecule has 5 heteroatoms. The molecule has 1 aromatic rings. The van der Waals surface area contributed by atoms with E-state index < -0.39 is 5.97 Å². The molecule has 1 aromatic carbocycles. The van der Waals surface area contributed by atoms with Crippen LogP contribution in [0.4, 0.5) is 5.69 Å². The van der Waals surface area contributed by atoms with Gasteiger partial charge in [0.15, 0.2) is 0 Å². The number of rotatable bonds is 3. The van der Waals surface area contributed by atoms with E-state index in [-0.39, 0.29) is 16.5 Å². The van der Waals surface area contributed by atoms with Crippen molar-refractivity contribution in [3.63, 3.8) is 0 Å². The van der Waals surface area contributed by atoms with Crippen LogP contribution in [0.3, 0.4) is 0 Å². The summed E-state index contributed by atoms with van der Waals surface area (Å²) in [7, 11) is 0. The minimum Gasteiger partial charge on any atom is -0.478 e. The third kappa shape index (κ3) is 2.52. The van der Waals surface area contributed by atoms with E-state index in [0.29, 0.717) is 17.7 Å². The van der Waals surface area contributed by atoms with Crippen molar-refractivity contribution in [1.82, 2.24) is 0 Å². The molecule has 0 aliphatic heterocycles. The molecule has 0 unspecified atom stereocenters. The van der Waals surface area contributed by atoms with E-state index in [1.807, 2.05) is 6.92 Å². The molecule has 0 aliphatic carbocycles. The van der Waals surface area contributed by atoms with Crippen molar-refractivity contribution in [2.45, 2.75) is 20.3 Å². The highest BCUT2D eigenvalue weighted by molar-refractivity contribution is 6.35. The summed E-state index contributed by atoms with van der Waals surface area (Å²) in [5.41, 5.74) is 1.14. The number of carboxylic acids is 1. The second-order valence-corrected chi connectivity index (χ2v) is 3.67. The Labute approximate surface area is 98.2 Å². The van der Waals surface area contributed by atoms with Gasteiger partial charge in [0.25, 0.3) is 0 Å². The molecule has 0 fully saturated rings. The normalized spacial score (nSPS) is 9.94. The maximum Gasteiger partial charge on any atom is 0.336 e. The largest absolute Gasteiger partial charge is 0.478 e. The molecule has 0 saturated heterocycles. The molecule has 0 atom stereocenters. The lowest BCUT2D eigenvalue weighted by Crippen LogP contribution is -2.09. The molecule has 2 N–H and O–H groups in total. The number of benzene rings is 1. The van der Waals surface area contributed by atoms with Crippen LogP contribution in [-0.4, -0.2) is 17.0 Å². The molecular weight excluding hydrogens is 230 g/mol. The highest BCUT2D eigenvalue weighted by Crippen LogP contribution is 2.29. The van der Waals surface area contributed by atoms with E-state index in [9.17, 15) is 9.59 Å². The Morgan fingerprint density at radius 3 is 2.50 bits per heavy atom. The Hall–Kier alpha value is -1.55. The number of nitrogens with one attached hydrogen (secondary N) is 1. The average molecular weight is 242 g/mol. The van der Waals surface area contributed by atoms with Crippen LogP contribution in [0.1, 0.15) is 29.8 Å². The van der Waals surface area contributed by atoms with E-state index in [4.69, 9.17) is 16.7 Å². The van der Waals surface area contributed by atoms with Crippen molar-refractivity contribution < 1.29 is 14.7 Å². The number of halogens is 1. The monoisotopic (exact) mass is 241 g/mol. The van der Waals surface area contributed by atoms with E-state index in [1.54, 1.807) is 0 Å². The summed E-state index contributed by atoms with van der Waals surface area (Å²) in [5.74, 6) is -1.26. The standard InChI is InChI=1S/C11H12ClNO3/c1-3-7-8(11(15)16)4-5-9(10(7)12)13-6(2)14/h4-5H,3H2,1-2H3,(H,13,14)(H,15,16). The Kier molecular flexibility index (Phi) is 3.90. The summed E-state index contributed by atoms with van der Waals surface area (Å²) in [6.45, 7) is 3.18. The number of hydrogen-bond donors (Lipinski definition) is 2. The molecule has 86 valence electrons. The topological polar surface area (TPSA) is 66.4 Å². The van der Waals surface area contributed by atoms with E-state index in [1.165, 1.54) is 19.1 Å². The van der Waals surface area contributed by atoms with Crippen LogP contribution < -0.4 is 5.32 Å². The summed E-state index contributed by atoms with van der Waals surface area (Å²) in [4.78, 5) is 21.8. The SMILES string of the molecule is CCc1c(C(=O)O)ccc(NC(C)=O)c1Cl. The number of hydrogen-bond acceptors (Lipinski definition) is 2. The predicted octanol–water partition coefficient (Wildman–Crippen LogP) is 2.56. The summed E-state index contributed by atoms with van der Waals surface area (Å²) < 4.78 is 0. The van der Waals surface area contributed by atoms with E-state index in [2.05, 4.69) is 5.32 Å². The van der Waals surface area contributed by atoms with Gasteiger partial charge in [0, 0.05) is 6.92 Å². The molecule has 0 heterocycles. The molecule has 16 heavy (non-hydrogen) atoms. The fraction of sp³-hybridized carbons (Fsp3) is 0.273.